The summed E-state index contributed by atoms with van der Waals surface area (Å²) < 4.78 is 11.3. The van der Waals surface area contributed by atoms with E-state index < -0.39 is 23.6 Å². The molecule has 4 aliphatic heterocycles. The van der Waals surface area contributed by atoms with Gasteiger partial charge in [-0.05, 0) is 24.1 Å². The maximum Gasteiger partial charge on any atom is 0.322 e. The van der Waals surface area contributed by atoms with Gasteiger partial charge in [-0.1, -0.05) is 0 Å². The molecular weight excluding hydrogens is 402 g/mol. The van der Waals surface area contributed by atoms with Gasteiger partial charge in [0, 0.05) is 36.7 Å². The average Bonchev–Trinajstić information content (AvgIpc) is 3.41. The van der Waals surface area contributed by atoms with Crippen molar-refractivity contribution in [1.29, 1.82) is 5.26 Å². The van der Waals surface area contributed by atoms with Crippen LogP contribution < -0.4 is 10.6 Å². The number of urea groups is 1. The predicted molar refractivity (Wildman–Crippen MR) is 106 cm³/mol. The molecule has 0 saturated carbocycles. The summed E-state index contributed by atoms with van der Waals surface area (Å²) in [6, 6.07) is 1.35. The zero-order valence-electron chi connectivity index (χ0n) is 16.7. The highest BCUT2D eigenvalue weighted by Gasteiger charge is 2.55. The molecule has 10 nitrogen and oxygen atoms in total. The molecule has 0 aromatic heterocycles. The fourth-order valence-corrected chi connectivity index (χ4v) is 4.48. The molecule has 1 fully saturated rings. The van der Waals surface area contributed by atoms with Gasteiger partial charge in [0.15, 0.2) is 5.54 Å². The number of ether oxygens (including phenoxy) is 2. The lowest BCUT2D eigenvalue weighted by atomic mass is 9.95. The second-order valence-electron chi connectivity index (χ2n) is 7.94. The second-order valence-corrected chi connectivity index (χ2v) is 7.94. The van der Waals surface area contributed by atoms with Crippen LogP contribution in [-0.4, -0.2) is 60.3 Å². The average molecular weight is 421 g/mol. The van der Waals surface area contributed by atoms with Crippen LogP contribution in [0, 0.1) is 11.3 Å². The van der Waals surface area contributed by atoms with Crippen LogP contribution in [0.3, 0.4) is 0 Å². The third kappa shape index (κ3) is 2.92. The van der Waals surface area contributed by atoms with Crippen molar-refractivity contribution < 1.29 is 23.9 Å². The van der Waals surface area contributed by atoms with Crippen LogP contribution in [0.15, 0.2) is 51.6 Å². The summed E-state index contributed by atoms with van der Waals surface area (Å²) in [5.41, 5.74) is 1.04. The summed E-state index contributed by atoms with van der Waals surface area (Å²) in [5.74, 6) is 0.159. The molecule has 0 aromatic carbocycles. The molecule has 1 aliphatic carbocycles. The monoisotopic (exact) mass is 421 g/mol. The minimum atomic E-state index is -1.56. The summed E-state index contributed by atoms with van der Waals surface area (Å²) in [7, 11) is 1.57. The van der Waals surface area contributed by atoms with Crippen molar-refractivity contribution in [3.8, 4) is 6.07 Å². The fraction of sp³-hybridized carbons (Fsp3) is 0.381. The van der Waals surface area contributed by atoms with E-state index in [9.17, 15) is 14.4 Å². The van der Waals surface area contributed by atoms with Gasteiger partial charge in [0.05, 0.1) is 19.4 Å². The third-order valence-corrected chi connectivity index (χ3v) is 6.13. The van der Waals surface area contributed by atoms with E-state index in [1.165, 1.54) is 6.20 Å². The Morgan fingerprint density at radius 1 is 1.35 bits per heavy atom. The highest BCUT2D eigenvalue weighted by Crippen LogP contribution is 2.38. The van der Waals surface area contributed by atoms with Gasteiger partial charge >= 0.3 is 6.03 Å². The van der Waals surface area contributed by atoms with Gasteiger partial charge in [-0.2, -0.15) is 5.26 Å². The first kappa shape index (κ1) is 19.1. The number of nitrogens with zero attached hydrogens (tertiary/aromatic N) is 3. The number of fused-ring (bicyclic) bond motifs is 1. The minimum absolute atomic E-state index is 0.0790. The Morgan fingerprint density at radius 2 is 2.19 bits per heavy atom. The number of hydrogen-bond donors (Lipinski definition) is 2. The zero-order chi connectivity index (χ0) is 21.8. The molecule has 5 rings (SSSR count). The molecule has 2 atom stereocenters. The Hall–Kier alpha value is -3.87. The van der Waals surface area contributed by atoms with Crippen LogP contribution in [-0.2, 0) is 19.1 Å². The topological polar surface area (TPSA) is 133 Å². The van der Waals surface area contributed by atoms with Crippen LogP contribution >= 0.6 is 0 Å². The zero-order valence-corrected chi connectivity index (χ0v) is 16.7. The summed E-state index contributed by atoms with van der Waals surface area (Å²) in [6.45, 7) is 0.290. The van der Waals surface area contributed by atoms with Gasteiger partial charge in [-0.25, -0.2) is 9.79 Å². The highest BCUT2D eigenvalue weighted by molar-refractivity contribution is 6.10. The molecule has 0 spiro atoms. The molecule has 0 radical (unpaired) electrons. The van der Waals surface area contributed by atoms with E-state index in [1.54, 1.807) is 24.2 Å². The van der Waals surface area contributed by atoms with E-state index in [0.29, 0.717) is 36.2 Å². The van der Waals surface area contributed by atoms with Crippen molar-refractivity contribution in [1.82, 2.24) is 15.5 Å². The Morgan fingerprint density at radius 3 is 2.90 bits per heavy atom. The summed E-state index contributed by atoms with van der Waals surface area (Å²) in [6.07, 6.45) is 6.15. The van der Waals surface area contributed by atoms with Crippen LogP contribution in [0.2, 0.25) is 0 Å². The summed E-state index contributed by atoms with van der Waals surface area (Å²) in [5, 5.41) is 14.0. The van der Waals surface area contributed by atoms with E-state index in [-0.39, 0.29) is 24.6 Å². The number of nitriles is 1. The highest BCUT2D eigenvalue weighted by atomic mass is 16.5. The number of methoxy groups -OCH3 is 1. The Bertz CT molecular complexity index is 1120. The number of nitrogens with one attached hydrogen (secondary N) is 2. The maximum absolute atomic E-state index is 13.1. The number of carbonyl (C=O) groups excluding carboxylic acids is 3. The largest absolute Gasteiger partial charge is 0.501 e. The van der Waals surface area contributed by atoms with Crippen molar-refractivity contribution in [2.75, 3.05) is 20.2 Å². The molecule has 2 N–H and O–H groups in total. The number of imide groups is 1. The number of rotatable bonds is 4. The smallest absolute Gasteiger partial charge is 0.322 e. The Labute approximate surface area is 177 Å². The molecular formula is C21H19N5O5. The predicted octanol–water partition coefficient (Wildman–Crippen LogP) is 0.562. The van der Waals surface area contributed by atoms with E-state index in [0.717, 1.165) is 11.3 Å². The lowest BCUT2D eigenvalue weighted by Gasteiger charge is -2.32. The van der Waals surface area contributed by atoms with Gasteiger partial charge < -0.3 is 19.7 Å². The van der Waals surface area contributed by atoms with Gasteiger partial charge in [-0.15, -0.1) is 0 Å². The molecule has 158 valence electrons. The van der Waals surface area contributed by atoms with E-state index in [1.807, 2.05) is 6.07 Å². The third-order valence-electron chi connectivity index (χ3n) is 6.13. The van der Waals surface area contributed by atoms with Gasteiger partial charge in [-0.3, -0.25) is 14.9 Å². The summed E-state index contributed by atoms with van der Waals surface area (Å²) >= 11 is 0. The Kier molecular flexibility index (Phi) is 4.22. The number of hydrogen-bond acceptors (Lipinski definition) is 7. The van der Waals surface area contributed by atoms with Crippen LogP contribution in [0.25, 0.3) is 0 Å². The van der Waals surface area contributed by atoms with Gasteiger partial charge in [0.1, 0.15) is 23.6 Å². The molecule has 1 saturated heterocycles. The van der Waals surface area contributed by atoms with Gasteiger partial charge in [0.25, 0.3) is 11.8 Å². The van der Waals surface area contributed by atoms with Crippen LogP contribution in [0.4, 0.5) is 4.79 Å². The molecule has 5 aliphatic rings. The van der Waals surface area contributed by atoms with Gasteiger partial charge in [0.2, 0.25) is 0 Å². The second kappa shape index (κ2) is 6.84. The first-order valence-corrected chi connectivity index (χ1v) is 9.88. The first-order valence-electron chi connectivity index (χ1n) is 9.88. The molecule has 10 heteroatoms. The fourth-order valence-electron chi connectivity index (χ4n) is 4.48. The molecule has 31 heavy (non-hydrogen) atoms. The van der Waals surface area contributed by atoms with Crippen LogP contribution in [0.5, 0.6) is 0 Å². The van der Waals surface area contributed by atoms with E-state index in [2.05, 4.69) is 15.6 Å². The SMILES string of the molecule is COC1=CC2=C(CC1)CN(CC1(C3=CC4=CN=C(C#N)CC4O3)NC(=O)NC1=O)C2=O. The molecule has 0 aromatic rings. The molecule has 4 heterocycles. The Balaban J connectivity index is 1.45. The van der Waals surface area contributed by atoms with Crippen molar-refractivity contribution in [2.45, 2.75) is 30.9 Å². The number of amides is 4. The number of aliphatic imine (C=N–C) groups is 1. The lowest BCUT2D eigenvalue weighted by Crippen LogP contribution is -2.57. The van der Waals surface area contributed by atoms with Crippen LogP contribution in [0.1, 0.15) is 19.3 Å². The standard InChI is InChI=1S/C21H19N5O5/c1-30-14-3-2-11-9-26(18(27)15(11)6-14)10-21(19(28)24-20(29)25-21)17-4-12-8-23-13(7-22)5-16(12)31-17/h4,6,8,16H,2-3,5,9-10H2,1H3,(H2,24,25,28,29). The first-order chi connectivity index (χ1) is 14.9. The maximum atomic E-state index is 13.1. The molecule has 2 unspecified atom stereocenters. The van der Waals surface area contributed by atoms with Crippen molar-refractivity contribution in [3.63, 3.8) is 0 Å². The van der Waals surface area contributed by atoms with E-state index in [4.69, 9.17) is 14.7 Å². The minimum Gasteiger partial charge on any atom is -0.501 e. The van der Waals surface area contributed by atoms with Crippen molar-refractivity contribution in [2.24, 2.45) is 4.99 Å². The normalized spacial score (nSPS) is 29.1. The molecule has 4 amide bonds. The van der Waals surface area contributed by atoms with Crippen molar-refractivity contribution >= 4 is 23.6 Å². The molecule has 0 bridgehead atoms. The quantitative estimate of drug-likeness (QED) is 0.638. The number of carbonyl (C=O) groups is 3. The van der Waals surface area contributed by atoms with Crippen molar-refractivity contribution in [3.05, 3.63) is 46.6 Å². The van der Waals surface area contributed by atoms with E-state index >= 15 is 0 Å². The lowest BCUT2D eigenvalue weighted by molar-refractivity contribution is -0.129. The summed E-state index contributed by atoms with van der Waals surface area (Å²) in [4.78, 5) is 43.7. The number of allylic oxidation sites excluding steroid dienone is 1.